The Balaban J connectivity index is 2.10. The van der Waals surface area contributed by atoms with Gasteiger partial charge in [-0.3, -0.25) is 4.79 Å². The monoisotopic (exact) mass is 572 g/mol. The lowest BCUT2D eigenvalue weighted by Crippen LogP contribution is -2.44. The highest BCUT2D eigenvalue weighted by Crippen LogP contribution is 2.46. The van der Waals surface area contributed by atoms with Gasteiger partial charge < -0.3 is 5.11 Å². The van der Waals surface area contributed by atoms with Crippen molar-refractivity contribution in [2.24, 2.45) is 0 Å². The first kappa shape index (κ1) is 22.7. The molecule has 0 atom stereocenters. The van der Waals surface area contributed by atoms with Crippen LogP contribution in [0.3, 0.4) is 0 Å². The maximum Gasteiger partial charge on any atom is 0.461 e. The minimum absolute atomic E-state index is 0.00996. The topological polar surface area (TPSA) is 37.3 Å². The Morgan fingerprint density at radius 3 is 2.00 bits per heavy atom. The highest BCUT2D eigenvalue weighted by molar-refractivity contribution is 9.10. The van der Waals surface area contributed by atoms with Crippen molar-refractivity contribution in [2.45, 2.75) is 12.1 Å². The van der Waals surface area contributed by atoms with Crippen molar-refractivity contribution < 1.29 is 31.9 Å². The molecular weight excluding hydrogens is 563 g/mol. The van der Waals surface area contributed by atoms with E-state index in [9.17, 15) is 31.9 Å². The molecule has 0 radical (unpaired) electrons. The molecule has 0 aliphatic heterocycles. The molecule has 4 aromatic carbocycles. The van der Waals surface area contributed by atoms with E-state index in [1.54, 1.807) is 48.5 Å². The molecule has 0 unspecified atom stereocenters. The molecule has 0 fully saturated rings. The summed E-state index contributed by atoms with van der Waals surface area (Å²) in [6.45, 7) is 0. The van der Waals surface area contributed by atoms with Gasteiger partial charge in [0.2, 0.25) is 5.78 Å². The molecule has 0 amide bonds. The van der Waals surface area contributed by atoms with Crippen LogP contribution in [0.2, 0.25) is 0 Å². The second kappa shape index (κ2) is 7.81. The summed E-state index contributed by atoms with van der Waals surface area (Å²) in [5.74, 6) is -9.12. The van der Waals surface area contributed by atoms with Gasteiger partial charge in [0.05, 0.1) is 5.56 Å². The molecule has 4 aromatic rings. The summed E-state index contributed by atoms with van der Waals surface area (Å²) < 4.78 is 67.7. The SMILES string of the molecule is O=C(c1cc2cc(Br)ccc2c(-c2cccc3cc(Br)ccc23)c1O)C(F)(F)C(F)(F)F. The van der Waals surface area contributed by atoms with E-state index in [4.69, 9.17) is 0 Å². The highest BCUT2D eigenvalue weighted by Gasteiger charge is 2.63. The lowest BCUT2D eigenvalue weighted by molar-refractivity contribution is -0.255. The molecule has 2 nitrogen and oxygen atoms in total. The molecule has 0 aromatic heterocycles. The van der Waals surface area contributed by atoms with Crippen LogP contribution in [0.25, 0.3) is 32.7 Å². The van der Waals surface area contributed by atoms with Crippen LogP contribution in [0.15, 0.2) is 69.6 Å². The van der Waals surface area contributed by atoms with Crippen LogP contribution in [0.1, 0.15) is 10.4 Å². The summed E-state index contributed by atoms with van der Waals surface area (Å²) in [7, 11) is 0. The molecule has 164 valence electrons. The normalized spacial score (nSPS) is 12.5. The third-order valence-electron chi connectivity index (χ3n) is 5.07. The van der Waals surface area contributed by atoms with E-state index in [-0.39, 0.29) is 10.9 Å². The Morgan fingerprint density at radius 2 is 1.38 bits per heavy atom. The fourth-order valence-corrected chi connectivity index (χ4v) is 4.34. The number of carbonyl (C=O) groups excluding carboxylic acids is 1. The van der Waals surface area contributed by atoms with E-state index >= 15 is 0 Å². The van der Waals surface area contributed by atoms with Crippen LogP contribution in [-0.4, -0.2) is 23.0 Å². The molecule has 0 spiro atoms. The molecule has 9 heteroatoms. The summed E-state index contributed by atoms with van der Waals surface area (Å²) in [4.78, 5) is 12.3. The Bertz CT molecular complexity index is 1400. The van der Waals surface area contributed by atoms with Gasteiger partial charge in [0.1, 0.15) is 5.75 Å². The molecule has 0 bridgehead atoms. The zero-order valence-electron chi connectivity index (χ0n) is 15.8. The van der Waals surface area contributed by atoms with Crippen molar-refractivity contribution in [1.29, 1.82) is 0 Å². The Labute approximate surface area is 194 Å². The second-order valence-corrected chi connectivity index (χ2v) is 8.92. The number of halogens is 7. The zero-order chi connectivity index (χ0) is 23.4. The number of fused-ring (bicyclic) bond motifs is 2. The average Bonchev–Trinajstić information content (AvgIpc) is 2.71. The molecular formula is C23H11Br2F5O2. The number of rotatable bonds is 3. The number of phenols is 1. The van der Waals surface area contributed by atoms with Crippen molar-refractivity contribution in [3.8, 4) is 16.9 Å². The second-order valence-electron chi connectivity index (χ2n) is 7.09. The Hall–Kier alpha value is -2.52. The lowest BCUT2D eigenvalue weighted by atomic mass is 9.89. The quantitative estimate of drug-likeness (QED) is 0.198. The number of alkyl halides is 5. The Kier molecular flexibility index (Phi) is 5.53. The summed E-state index contributed by atoms with van der Waals surface area (Å²) in [5, 5.41) is 12.8. The molecule has 4 rings (SSSR count). The number of Topliss-reactive ketones (excluding diaryl/α,β-unsaturated/α-hetero) is 1. The number of carbonyl (C=O) groups is 1. The first-order chi connectivity index (χ1) is 14.9. The van der Waals surface area contributed by atoms with Crippen molar-refractivity contribution in [3.63, 3.8) is 0 Å². The Morgan fingerprint density at radius 1 is 0.781 bits per heavy atom. The summed E-state index contributed by atoms with van der Waals surface area (Å²) in [6.07, 6.45) is -6.10. The fourth-order valence-electron chi connectivity index (χ4n) is 3.58. The van der Waals surface area contributed by atoms with Crippen molar-refractivity contribution in [3.05, 3.63) is 75.2 Å². The smallest absolute Gasteiger partial charge is 0.461 e. The van der Waals surface area contributed by atoms with Gasteiger partial charge in [-0.15, -0.1) is 0 Å². The van der Waals surface area contributed by atoms with Crippen molar-refractivity contribution in [2.75, 3.05) is 0 Å². The van der Waals surface area contributed by atoms with Crippen LogP contribution in [0.5, 0.6) is 5.75 Å². The first-order valence-electron chi connectivity index (χ1n) is 9.05. The van der Waals surface area contributed by atoms with E-state index in [0.29, 0.717) is 20.8 Å². The fraction of sp³-hybridized carbons (Fsp3) is 0.0870. The van der Waals surface area contributed by atoms with E-state index in [1.807, 2.05) is 0 Å². The third kappa shape index (κ3) is 3.67. The summed E-state index contributed by atoms with van der Waals surface area (Å²) in [6, 6.07) is 15.8. The standard InChI is InChI=1S/C23H11Br2F5O2/c24-13-4-6-15-11(8-13)2-1-3-17(15)19-16-7-5-14(25)9-12(16)10-18(20(19)31)21(32)22(26,27)23(28,29)30/h1-10,31H. The molecule has 0 saturated carbocycles. The van der Waals surface area contributed by atoms with Gasteiger partial charge in [0.15, 0.2) is 0 Å². The summed E-state index contributed by atoms with van der Waals surface area (Å²) in [5.41, 5.74) is -0.740. The van der Waals surface area contributed by atoms with Crippen molar-refractivity contribution in [1.82, 2.24) is 0 Å². The van der Waals surface area contributed by atoms with E-state index < -0.39 is 29.2 Å². The first-order valence-corrected chi connectivity index (χ1v) is 10.6. The lowest BCUT2D eigenvalue weighted by Gasteiger charge is -2.21. The number of aromatic hydroxyl groups is 1. The third-order valence-corrected chi connectivity index (χ3v) is 6.06. The van der Waals surface area contributed by atoms with Gasteiger partial charge in [-0.25, -0.2) is 0 Å². The number of hydrogen-bond acceptors (Lipinski definition) is 2. The molecule has 0 aliphatic rings. The van der Waals surface area contributed by atoms with Crippen LogP contribution in [0.4, 0.5) is 22.0 Å². The number of ketones is 1. The van der Waals surface area contributed by atoms with E-state index in [0.717, 1.165) is 15.9 Å². The number of hydrogen-bond donors (Lipinski definition) is 1. The number of benzene rings is 4. The minimum atomic E-state index is -6.10. The molecule has 0 saturated heterocycles. The van der Waals surface area contributed by atoms with Gasteiger partial charge in [0, 0.05) is 14.5 Å². The van der Waals surface area contributed by atoms with Crippen LogP contribution < -0.4 is 0 Å². The maximum absolute atomic E-state index is 13.9. The maximum atomic E-state index is 13.9. The largest absolute Gasteiger partial charge is 0.507 e. The van der Waals surface area contributed by atoms with Crippen LogP contribution >= 0.6 is 31.9 Å². The molecule has 0 heterocycles. The zero-order valence-corrected chi connectivity index (χ0v) is 18.9. The molecule has 0 aliphatic carbocycles. The van der Waals surface area contributed by atoms with E-state index in [1.165, 1.54) is 6.07 Å². The molecule has 1 N–H and O–H groups in total. The predicted molar refractivity (Wildman–Crippen MR) is 119 cm³/mol. The molecule has 32 heavy (non-hydrogen) atoms. The minimum Gasteiger partial charge on any atom is -0.507 e. The van der Waals surface area contributed by atoms with Crippen LogP contribution in [0, 0.1) is 0 Å². The van der Waals surface area contributed by atoms with Crippen molar-refractivity contribution >= 4 is 59.2 Å². The highest BCUT2D eigenvalue weighted by atomic mass is 79.9. The van der Waals surface area contributed by atoms with Crippen LogP contribution in [-0.2, 0) is 0 Å². The van der Waals surface area contributed by atoms with Gasteiger partial charge in [-0.05, 0) is 57.4 Å². The summed E-state index contributed by atoms with van der Waals surface area (Å²) >= 11 is 6.59. The van der Waals surface area contributed by atoms with E-state index in [2.05, 4.69) is 31.9 Å². The van der Waals surface area contributed by atoms with Gasteiger partial charge in [0.25, 0.3) is 0 Å². The number of phenolic OH excluding ortho intramolecular Hbond substituents is 1. The van der Waals surface area contributed by atoms with Gasteiger partial charge in [-0.2, -0.15) is 22.0 Å². The average molecular weight is 574 g/mol. The van der Waals surface area contributed by atoms with Gasteiger partial charge >= 0.3 is 12.1 Å². The van der Waals surface area contributed by atoms with Gasteiger partial charge in [-0.1, -0.05) is 62.2 Å². The predicted octanol–water partition coefficient (Wildman–Crippen LogP) is 8.27.